The molecule has 1 heterocycles. The molecular weight excluding hydrogens is 337 g/mol. The summed E-state index contributed by atoms with van der Waals surface area (Å²) in [5, 5.41) is 2.50. The van der Waals surface area contributed by atoms with E-state index < -0.39 is 11.7 Å². The molecule has 0 aliphatic heterocycles. The number of carbonyl (C=O) groups is 1. The van der Waals surface area contributed by atoms with Crippen LogP contribution in [0.15, 0.2) is 29.6 Å². The second-order valence-electron chi connectivity index (χ2n) is 5.35. The number of halogens is 3. The highest BCUT2D eigenvalue weighted by molar-refractivity contribution is 7.14. The molecule has 130 valence electrons. The maximum Gasteiger partial charge on any atom is 0.416 e. The van der Waals surface area contributed by atoms with Gasteiger partial charge in [0.05, 0.1) is 11.3 Å². The second-order valence-corrected chi connectivity index (χ2v) is 6.19. The Hall–Kier alpha value is -1.89. The largest absolute Gasteiger partial charge is 0.416 e. The number of alkyl halides is 3. The molecule has 1 aromatic heterocycles. The van der Waals surface area contributed by atoms with Gasteiger partial charge < -0.3 is 0 Å². The average molecular weight is 356 g/mol. The molecule has 0 saturated heterocycles. The third-order valence-electron chi connectivity index (χ3n) is 3.58. The molecule has 0 spiro atoms. The minimum atomic E-state index is -4.41. The molecule has 0 N–H and O–H groups in total. The zero-order valence-electron chi connectivity index (χ0n) is 13.6. The van der Waals surface area contributed by atoms with Crippen molar-refractivity contribution in [3.8, 4) is 0 Å². The molecule has 24 heavy (non-hydrogen) atoms. The third-order valence-corrected chi connectivity index (χ3v) is 4.49. The van der Waals surface area contributed by atoms with Crippen LogP contribution in [0.4, 0.5) is 18.3 Å². The summed E-state index contributed by atoms with van der Waals surface area (Å²) in [6.45, 7) is 4.31. The fraction of sp³-hybridized carbons (Fsp3) is 0.412. The van der Waals surface area contributed by atoms with E-state index in [4.69, 9.17) is 0 Å². The average Bonchev–Trinajstić information content (AvgIpc) is 3.01. The monoisotopic (exact) mass is 356 g/mol. The molecule has 0 bridgehead atoms. The lowest BCUT2D eigenvalue weighted by atomic mass is 10.1. The molecule has 0 fully saturated rings. The maximum absolute atomic E-state index is 12.6. The predicted octanol–water partition coefficient (Wildman–Crippen LogP) is 5.17. The van der Waals surface area contributed by atoms with Gasteiger partial charge in [-0.1, -0.05) is 13.3 Å². The summed E-state index contributed by atoms with van der Waals surface area (Å²) in [6.07, 6.45) is -1.45. The van der Waals surface area contributed by atoms with Gasteiger partial charge in [0.2, 0.25) is 0 Å². The minimum absolute atomic E-state index is 0.218. The molecule has 0 atom stereocenters. The molecule has 7 heteroatoms. The maximum atomic E-state index is 12.6. The zero-order valence-corrected chi connectivity index (χ0v) is 14.4. The number of hydrogen-bond donors (Lipinski definition) is 0. The van der Waals surface area contributed by atoms with Crippen LogP contribution in [0, 0.1) is 0 Å². The number of unbranched alkanes of at least 4 members (excludes halogenated alkanes) is 1. The molecule has 0 aliphatic carbocycles. The van der Waals surface area contributed by atoms with Crippen molar-refractivity contribution in [3.05, 3.63) is 46.5 Å². The first kappa shape index (κ1) is 18.4. The molecule has 3 nitrogen and oxygen atoms in total. The molecule has 0 unspecified atom stereocenters. The fourth-order valence-electron chi connectivity index (χ4n) is 2.22. The van der Waals surface area contributed by atoms with Crippen LogP contribution in [0.5, 0.6) is 0 Å². The first-order valence-electron chi connectivity index (χ1n) is 7.80. The molecule has 0 aliphatic rings. The Morgan fingerprint density at radius 2 is 1.88 bits per heavy atom. The van der Waals surface area contributed by atoms with Crippen LogP contribution in [-0.4, -0.2) is 17.4 Å². The quantitative estimate of drug-likeness (QED) is 0.715. The van der Waals surface area contributed by atoms with Crippen LogP contribution in [-0.2, 0) is 12.6 Å². The van der Waals surface area contributed by atoms with E-state index in [0.29, 0.717) is 11.7 Å². The van der Waals surface area contributed by atoms with Gasteiger partial charge in [-0.2, -0.15) is 13.2 Å². The normalized spacial score (nSPS) is 11.5. The van der Waals surface area contributed by atoms with Gasteiger partial charge in [0.25, 0.3) is 5.91 Å². The topological polar surface area (TPSA) is 33.2 Å². The van der Waals surface area contributed by atoms with E-state index in [2.05, 4.69) is 11.9 Å². The van der Waals surface area contributed by atoms with E-state index in [-0.39, 0.29) is 11.5 Å². The van der Waals surface area contributed by atoms with Gasteiger partial charge in [-0.05, 0) is 44.0 Å². The highest BCUT2D eigenvalue weighted by atomic mass is 32.1. The van der Waals surface area contributed by atoms with Gasteiger partial charge in [0.15, 0.2) is 5.13 Å². The van der Waals surface area contributed by atoms with Crippen LogP contribution >= 0.6 is 11.3 Å². The summed E-state index contributed by atoms with van der Waals surface area (Å²) >= 11 is 1.38. The Bertz CT molecular complexity index is 680. The Kier molecular flexibility index (Phi) is 5.99. The number of carbonyl (C=O) groups excluding carboxylic acids is 1. The molecule has 1 aromatic carbocycles. The van der Waals surface area contributed by atoms with E-state index in [1.165, 1.54) is 28.4 Å². The summed E-state index contributed by atoms with van der Waals surface area (Å²) in [4.78, 5) is 18.5. The summed E-state index contributed by atoms with van der Waals surface area (Å²) in [7, 11) is 0. The van der Waals surface area contributed by atoms with Crippen LogP contribution in [0.2, 0.25) is 0 Å². The first-order chi connectivity index (χ1) is 11.4. The first-order valence-corrected chi connectivity index (χ1v) is 8.68. The van der Waals surface area contributed by atoms with E-state index in [1.54, 1.807) is 0 Å². The number of aryl methyl sites for hydroxylation is 1. The lowest BCUT2D eigenvalue weighted by Crippen LogP contribution is -2.30. The lowest BCUT2D eigenvalue weighted by Gasteiger charge is -2.18. The number of thiazole rings is 1. The summed E-state index contributed by atoms with van der Waals surface area (Å²) in [6, 6.07) is 4.27. The van der Waals surface area contributed by atoms with E-state index in [0.717, 1.165) is 37.1 Å². The molecule has 1 amide bonds. The van der Waals surface area contributed by atoms with Gasteiger partial charge in [-0.3, -0.25) is 9.69 Å². The van der Waals surface area contributed by atoms with Gasteiger partial charge in [-0.25, -0.2) is 4.98 Å². The predicted molar refractivity (Wildman–Crippen MR) is 89.5 cm³/mol. The molecule has 2 aromatic rings. The van der Waals surface area contributed by atoms with Crippen molar-refractivity contribution in [2.45, 2.75) is 39.3 Å². The molecule has 2 rings (SSSR count). The Morgan fingerprint density at radius 3 is 2.42 bits per heavy atom. The van der Waals surface area contributed by atoms with Crippen molar-refractivity contribution < 1.29 is 18.0 Å². The SMILES string of the molecule is CCCCc1csc(N(CC)C(=O)c2ccc(C(F)(F)F)cc2)n1. The van der Waals surface area contributed by atoms with Crippen molar-refractivity contribution in [2.75, 3.05) is 11.4 Å². The standard InChI is InChI=1S/C17H19F3N2OS/c1-3-5-6-14-11-24-16(21-14)22(4-2)15(23)12-7-9-13(10-8-12)17(18,19)20/h7-11H,3-6H2,1-2H3. The zero-order chi connectivity index (χ0) is 17.7. The van der Waals surface area contributed by atoms with Crippen molar-refractivity contribution >= 4 is 22.4 Å². The van der Waals surface area contributed by atoms with Crippen molar-refractivity contribution in [3.63, 3.8) is 0 Å². The van der Waals surface area contributed by atoms with Crippen molar-refractivity contribution in [1.29, 1.82) is 0 Å². The number of anilines is 1. The number of amides is 1. The second kappa shape index (κ2) is 7.79. The van der Waals surface area contributed by atoms with Gasteiger partial charge in [0.1, 0.15) is 0 Å². The molecule has 0 saturated carbocycles. The summed E-state index contributed by atoms with van der Waals surface area (Å²) in [5.74, 6) is -0.345. The smallest absolute Gasteiger partial charge is 0.284 e. The van der Waals surface area contributed by atoms with Crippen molar-refractivity contribution in [1.82, 2.24) is 4.98 Å². The highest BCUT2D eigenvalue weighted by Crippen LogP contribution is 2.30. The minimum Gasteiger partial charge on any atom is -0.284 e. The van der Waals surface area contributed by atoms with E-state index in [1.807, 2.05) is 12.3 Å². The number of nitrogens with zero attached hydrogens (tertiary/aromatic N) is 2. The number of hydrogen-bond acceptors (Lipinski definition) is 3. The Balaban J connectivity index is 2.18. The Morgan fingerprint density at radius 1 is 1.21 bits per heavy atom. The van der Waals surface area contributed by atoms with Gasteiger partial charge >= 0.3 is 6.18 Å². The van der Waals surface area contributed by atoms with Gasteiger partial charge in [0, 0.05) is 17.5 Å². The van der Waals surface area contributed by atoms with Crippen molar-refractivity contribution in [2.24, 2.45) is 0 Å². The fourth-order valence-corrected chi connectivity index (χ4v) is 3.14. The molecular formula is C17H19F3N2OS. The molecule has 0 radical (unpaired) electrons. The summed E-state index contributed by atoms with van der Waals surface area (Å²) in [5.41, 5.74) is 0.392. The highest BCUT2D eigenvalue weighted by Gasteiger charge is 2.30. The third kappa shape index (κ3) is 4.35. The van der Waals surface area contributed by atoms with Crippen LogP contribution < -0.4 is 4.90 Å². The van der Waals surface area contributed by atoms with Crippen LogP contribution in [0.25, 0.3) is 0 Å². The van der Waals surface area contributed by atoms with E-state index >= 15 is 0 Å². The van der Waals surface area contributed by atoms with Gasteiger partial charge in [-0.15, -0.1) is 11.3 Å². The van der Waals surface area contributed by atoms with Crippen LogP contribution in [0.1, 0.15) is 48.3 Å². The number of rotatable bonds is 6. The number of aromatic nitrogens is 1. The Labute approximate surface area is 143 Å². The number of benzene rings is 1. The summed E-state index contributed by atoms with van der Waals surface area (Å²) < 4.78 is 37.8. The van der Waals surface area contributed by atoms with Crippen LogP contribution in [0.3, 0.4) is 0 Å². The lowest BCUT2D eigenvalue weighted by molar-refractivity contribution is -0.137. The van der Waals surface area contributed by atoms with E-state index in [9.17, 15) is 18.0 Å².